The second-order valence-corrected chi connectivity index (χ2v) is 5.08. The zero-order valence-corrected chi connectivity index (χ0v) is 11.5. The molecular formula is C14H19F2N3O. The predicted molar refractivity (Wildman–Crippen MR) is 73.3 cm³/mol. The molecule has 1 fully saturated rings. The van der Waals surface area contributed by atoms with Crippen LogP contribution in [0, 0.1) is 17.6 Å². The van der Waals surface area contributed by atoms with Crippen LogP contribution in [0.3, 0.4) is 0 Å². The van der Waals surface area contributed by atoms with E-state index in [1.807, 2.05) is 0 Å². The summed E-state index contributed by atoms with van der Waals surface area (Å²) in [7, 11) is 0. The van der Waals surface area contributed by atoms with Crippen molar-refractivity contribution < 1.29 is 13.6 Å². The van der Waals surface area contributed by atoms with Crippen LogP contribution in [-0.4, -0.2) is 37.0 Å². The zero-order valence-electron chi connectivity index (χ0n) is 11.5. The van der Waals surface area contributed by atoms with E-state index in [9.17, 15) is 13.6 Å². The van der Waals surface area contributed by atoms with Gasteiger partial charge in [-0.2, -0.15) is 0 Å². The van der Waals surface area contributed by atoms with Gasteiger partial charge < -0.3 is 16.0 Å². The number of nitrogen functional groups attached to an aromatic ring is 1. The van der Waals surface area contributed by atoms with Gasteiger partial charge in [-0.15, -0.1) is 0 Å². The van der Waals surface area contributed by atoms with Crippen molar-refractivity contribution in [3.05, 3.63) is 29.3 Å². The molecule has 1 aromatic rings. The number of nitrogens with one attached hydrogen (secondary N) is 1. The molecule has 1 aromatic carbocycles. The Morgan fingerprint density at radius 2 is 2.25 bits per heavy atom. The van der Waals surface area contributed by atoms with Crippen molar-refractivity contribution in [3.63, 3.8) is 0 Å². The molecule has 4 nitrogen and oxygen atoms in total. The lowest BCUT2D eigenvalue weighted by atomic mass is 10.1. The topological polar surface area (TPSA) is 58.4 Å². The van der Waals surface area contributed by atoms with Gasteiger partial charge in [0.15, 0.2) is 5.82 Å². The van der Waals surface area contributed by atoms with E-state index in [4.69, 9.17) is 5.73 Å². The summed E-state index contributed by atoms with van der Waals surface area (Å²) in [5, 5.41) is 2.59. The summed E-state index contributed by atoms with van der Waals surface area (Å²) in [6.45, 7) is 5.38. The molecular weight excluding hydrogens is 264 g/mol. The number of hydrogen-bond acceptors (Lipinski definition) is 3. The summed E-state index contributed by atoms with van der Waals surface area (Å²) >= 11 is 0. The molecule has 0 bridgehead atoms. The Bertz CT molecular complexity index is 507. The highest BCUT2D eigenvalue weighted by Crippen LogP contribution is 2.19. The normalized spacial score (nSPS) is 19.2. The second kappa shape index (κ2) is 6.17. The fourth-order valence-electron chi connectivity index (χ4n) is 2.47. The molecule has 0 radical (unpaired) electrons. The number of carbonyl (C=O) groups is 1. The Kier molecular flexibility index (Phi) is 4.54. The summed E-state index contributed by atoms with van der Waals surface area (Å²) < 4.78 is 27.2. The number of benzene rings is 1. The summed E-state index contributed by atoms with van der Waals surface area (Å²) in [6.07, 6.45) is 0.982. The molecule has 0 saturated carbocycles. The zero-order chi connectivity index (χ0) is 14.7. The summed E-state index contributed by atoms with van der Waals surface area (Å²) in [5.41, 5.74) is 4.52. The summed E-state index contributed by atoms with van der Waals surface area (Å²) in [6, 6.07) is 2.11. The van der Waals surface area contributed by atoms with Gasteiger partial charge in [-0.05, 0) is 37.6 Å². The molecule has 1 aliphatic heterocycles. The molecule has 1 saturated heterocycles. The van der Waals surface area contributed by atoms with E-state index in [0.717, 1.165) is 38.2 Å². The van der Waals surface area contributed by atoms with Crippen LogP contribution in [0.15, 0.2) is 12.1 Å². The van der Waals surface area contributed by atoms with Gasteiger partial charge in [0.1, 0.15) is 11.4 Å². The monoisotopic (exact) mass is 283 g/mol. The van der Waals surface area contributed by atoms with Crippen LogP contribution in [-0.2, 0) is 0 Å². The van der Waals surface area contributed by atoms with Crippen LogP contribution >= 0.6 is 0 Å². The first-order chi connectivity index (χ1) is 9.52. The van der Waals surface area contributed by atoms with E-state index in [1.54, 1.807) is 0 Å². The molecule has 6 heteroatoms. The number of anilines is 1. The van der Waals surface area contributed by atoms with Crippen molar-refractivity contribution in [2.75, 3.05) is 31.9 Å². The van der Waals surface area contributed by atoms with Crippen LogP contribution < -0.4 is 11.1 Å². The molecule has 0 aliphatic carbocycles. The van der Waals surface area contributed by atoms with E-state index in [2.05, 4.69) is 17.1 Å². The van der Waals surface area contributed by atoms with Crippen molar-refractivity contribution in [2.24, 2.45) is 5.92 Å². The molecule has 1 unspecified atom stereocenters. The number of rotatable bonds is 4. The van der Waals surface area contributed by atoms with E-state index < -0.39 is 23.1 Å². The van der Waals surface area contributed by atoms with Gasteiger partial charge in [0.2, 0.25) is 0 Å². The third-order valence-electron chi connectivity index (χ3n) is 3.72. The average Bonchev–Trinajstić information content (AvgIpc) is 2.89. The summed E-state index contributed by atoms with van der Waals surface area (Å²) in [5.74, 6) is -2.31. The third-order valence-corrected chi connectivity index (χ3v) is 3.72. The SMILES string of the molecule is CCN1CCC(CNC(=O)c2c(F)ccc(N)c2F)C1. The van der Waals surface area contributed by atoms with Crippen LogP contribution in [0.25, 0.3) is 0 Å². The van der Waals surface area contributed by atoms with E-state index in [1.165, 1.54) is 0 Å². The van der Waals surface area contributed by atoms with E-state index in [0.29, 0.717) is 12.5 Å². The first-order valence-corrected chi connectivity index (χ1v) is 6.77. The molecule has 110 valence electrons. The molecule has 1 heterocycles. The van der Waals surface area contributed by atoms with Crippen molar-refractivity contribution in [1.82, 2.24) is 10.2 Å². The van der Waals surface area contributed by atoms with Gasteiger partial charge in [0.25, 0.3) is 5.91 Å². The largest absolute Gasteiger partial charge is 0.396 e. The number of hydrogen-bond donors (Lipinski definition) is 2. The first kappa shape index (κ1) is 14.7. The standard InChI is InChI=1S/C14H19F2N3O/c1-2-19-6-5-9(8-19)7-18-14(20)12-10(15)3-4-11(17)13(12)16/h3-4,9H,2,5-8,17H2,1H3,(H,18,20). The highest BCUT2D eigenvalue weighted by molar-refractivity contribution is 5.95. The quantitative estimate of drug-likeness (QED) is 0.826. The third kappa shape index (κ3) is 3.07. The van der Waals surface area contributed by atoms with Crippen LogP contribution in [0.4, 0.5) is 14.5 Å². The highest BCUT2D eigenvalue weighted by Gasteiger charge is 2.24. The maximum absolute atomic E-state index is 13.7. The maximum Gasteiger partial charge on any atom is 0.257 e. The molecule has 1 amide bonds. The number of nitrogens with zero attached hydrogens (tertiary/aromatic N) is 1. The number of nitrogens with two attached hydrogens (primary N) is 1. The van der Waals surface area contributed by atoms with Crippen molar-refractivity contribution in [3.8, 4) is 0 Å². The van der Waals surface area contributed by atoms with Crippen LogP contribution in [0.1, 0.15) is 23.7 Å². The van der Waals surface area contributed by atoms with Crippen LogP contribution in [0.5, 0.6) is 0 Å². The number of halogens is 2. The Morgan fingerprint density at radius 3 is 2.90 bits per heavy atom. The molecule has 0 aromatic heterocycles. The number of carbonyl (C=O) groups excluding carboxylic acids is 1. The lowest BCUT2D eigenvalue weighted by Gasteiger charge is -2.14. The lowest BCUT2D eigenvalue weighted by molar-refractivity contribution is 0.0939. The average molecular weight is 283 g/mol. The van der Waals surface area contributed by atoms with Crippen molar-refractivity contribution in [2.45, 2.75) is 13.3 Å². The Hall–Kier alpha value is -1.69. The van der Waals surface area contributed by atoms with E-state index in [-0.39, 0.29) is 5.69 Å². The molecule has 2 rings (SSSR count). The van der Waals surface area contributed by atoms with Gasteiger partial charge in [-0.25, -0.2) is 8.78 Å². The van der Waals surface area contributed by atoms with Gasteiger partial charge in [-0.3, -0.25) is 4.79 Å². The Labute approximate surface area is 116 Å². The van der Waals surface area contributed by atoms with Gasteiger partial charge in [0, 0.05) is 13.1 Å². The van der Waals surface area contributed by atoms with Crippen molar-refractivity contribution in [1.29, 1.82) is 0 Å². The Morgan fingerprint density at radius 1 is 1.50 bits per heavy atom. The fraction of sp³-hybridized carbons (Fsp3) is 0.500. The first-order valence-electron chi connectivity index (χ1n) is 6.77. The number of likely N-dealkylation sites (tertiary alicyclic amines) is 1. The van der Waals surface area contributed by atoms with Gasteiger partial charge >= 0.3 is 0 Å². The minimum Gasteiger partial charge on any atom is -0.396 e. The van der Waals surface area contributed by atoms with Crippen molar-refractivity contribution >= 4 is 11.6 Å². The smallest absolute Gasteiger partial charge is 0.257 e. The second-order valence-electron chi connectivity index (χ2n) is 5.08. The molecule has 1 atom stereocenters. The Balaban J connectivity index is 1.98. The van der Waals surface area contributed by atoms with Gasteiger partial charge in [0.05, 0.1) is 5.69 Å². The molecule has 0 spiro atoms. The predicted octanol–water partition coefficient (Wildman–Crippen LogP) is 1.62. The maximum atomic E-state index is 13.7. The molecule has 1 aliphatic rings. The molecule has 20 heavy (non-hydrogen) atoms. The fourth-order valence-corrected chi connectivity index (χ4v) is 2.47. The van der Waals surface area contributed by atoms with Gasteiger partial charge in [-0.1, -0.05) is 6.92 Å². The molecule has 3 N–H and O–H groups in total. The minimum absolute atomic E-state index is 0.227. The summed E-state index contributed by atoms with van der Waals surface area (Å²) in [4.78, 5) is 14.2. The van der Waals surface area contributed by atoms with Crippen LogP contribution in [0.2, 0.25) is 0 Å². The minimum atomic E-state index is -0.996. The van der Waals surface area contributed by atoms with E-state index >= 15 is 0 Å². The lowest BCUT2D eigenvalue weighted by Crippen LogP contribution is -2.32. The number of amides is 1. The highest BCUT2D eigenvalue weighted by atomic mass is 19.1.